The van der Waals surface area contributed by atoms with Crippen LogP contribution in [0.3, 0.4) is 0 Å². The summed E-state index contributed by atoms with van der Waals surface area (Å²) in [5, 5.41) is 4.33. The van der Waals surface area contributed by atoms with Gasteiger partial charge in [0.2, 0.25) is 5.91 Å². The van der Waals surface area contributed by atoms with Gasteiger partial charge in [0.1, 0.15) is 9.53 Å². The molecule has 0 unspecified atom stereocenters. The van der Waals surface area contributed by atoms with Crippen LogP contribution in [0.15, 0.2) is 82.9 Å². The third-order valence-electron chi connectivity index (χ3n) is 5.78. The number of nitrogens with zero attached hydrogens (tertiary/aromatic N) is 3. The summed E-state index contributed by atoms with van der Waals surface area (Å²) in [5.41, 5.74) is 3.52. The summed E-state index contributed by atoms with van der Waals surface area (Å²) in [6.07, 6.45) is 1.72. The molecule has 1 atom stereocenters. The molecule has 0 bridgehead atoms. The smallest absolute Gasteiger partial charge is 0.272 e. The Hall–Kier alpha value is -3.49. The third kappa shape index (κ3) is 4.99. The molecule has 0 saturated heterocycles. The zero-order chi connectivity index (χ0) is 24.4. The van der Waals surface area contributed by atoms with Crippen LogP contribution in [0.25, 0.3) is 20.4 Å². The SMILES string of the molecule is Cc1cccc(NC(=O)CSc2nc3c(sc4ncccc43)c(=O)n2C[C@H](C)c2ccccc2)c1. The van der Waals surface area contributed by atoms with E-state index >= 15 is 0 Å². The van der Waals surface area contributed by atoms with Gasteiger partial charge in [-0.25, -0.2) is 9.97 Å². The first kappa shape index (κ1) is 23.3. The molecule has 0 fully saturated rings. The molecule has 35 heavy (non-hydrogen) atoms. The molecule has 5 aromatic rings. The Morgan fingerprint density at radius 1 is 1.11 bits per heavy atom. The number of fused-ring (bicyclic) bond motifs is 3. The molecule has 1 amide bonds. The highest BCUT2D eigenvalue weighted by Gasteiger charge is 2.19. The number of hydrogen-bond donors (Lipinski definition) is 1. The minimum absolute atomic E-state index is 0.0950. The van der Waals surface area contributed by atoms with Gasteiger partial charge in [0.25, 0.3) is 5.56 Å². The van der Waals surface area contributed by atoms with E-state index in [0.717, 1.165) is 27.0 Å². The summed E-state index contributed by atoms with van der Waals surface area (Å²) in [5.74, 6) is 0.0990. The Labute approximate surface area is 211 Å². The van der Waals surface area contributed by atoms with E-state index < -0.39 is 0 Å². The van der Waals surface area contributed by atoms with Crippen molar-refractivity contribution in [1.29, 1.82) is 0 Å². The number of hydrogen-bond acceptors (Lipinski definition) is 6. The van der Waals surface area contributed by atoms with Gasteiger partial charge in [-0.1, -0.05) is 61.2 Å². The van der Waals surface area contributed by atoms with Crippen LogP contribution in [0.4, 0.5) is 5.69 Å². The van der Waals surface area contributed by atoms with Crippen LogP contribution < -0.4 is 10.9 Å². The molecule has 0 aliphatic carbocycles. The van der Waals surface area contributed by atoms with Crippen LogP contribution in [-0.2, 0) is 11.3 Å². The minimum atomic E-state index is -0.144. The fourth-order valence-corrected chi connectivity index (χ4v) is 5.86. The molecule has 0 aliphatic heterocycles. The van der Waals surface area contributed by atoms with Gasteiger partial charge >= 0.3 is 0 Å². The second kappa shape index (κ2) is 10.0. The number of anilines is 1. The second-order valence-electron chi connectivity index (χ2n) is 8.46. The summed E-state index contributed by atoms with van der Waals surface area (Å²) in [7, 11) is 0. The number of aryl methyl sites for hydroxylation is 1. The van der Waals surface area contributed by atoms with Crippen molar-refractivity contribution in [2.75, 3.05) is 11.1 Å². The Balaban J connectivity index is 1.49. The maximum absolute atomic E-state index is 13.7. The zero-order valence-electron chi connectivity index (χ0n) is 19.4. The minimum Gasteiger partial charge on any atom is -0.325 e. The largest absolute Gasteiger partial charge is 0.325 e. The molecule has 3 heterocycles. The standard InChI is InChI=1S/C27H24N4O2S2/c1-17-8-6-11-20(14-17)29-22(32)16-34-27-30-23-21-12-7-13-28-25(21)35-24(23)26(33)31(27)15-18(2)19-9-4-3-5-10-19/h3-14,18H,15-16H2,1-2H3,(H,29,32)/t18-/m0/s1. The number of thioether (sulfide) groups is 1. The van der Waals surface area contributed by atoms with Crippen molar-refractivity contribution in [3.8, 4) is 0 Å². The number of carbonyl (C=O) groups is 1. The van der Waals surface area contributed by atoms with E-state index in [-0.39, 0.29) is 23.1 Å². The lowest BCUT2D eigenvalue weighted by Crippen LogP contribution is -2.25. The number of rotatable bonds is 7. The summed E-state index contributed by atoms with van der Waals surface area (Å²) in [6, 6.07) is 21.6. The maximum atomic E-state index is 13.7. The topological polar surface area (TPSA) is 76.9 Å². The van der Waals surface area contributed by atoms with E-state index in [1.54, 1.807) is 10.8 Å². The number of carbonyl (C=O) groups excluding carboxylic acids is 1. The fourth-order valence-electron chi connectivity index (χ4n) is 4.02. The van der Waals surface area contributed by atoms with Gasteiger partial charge in [-0.3, -0.25) is 14.2 Å². The van der Waals surface area contributed by atoms with Crippen LogP contribution in [0, 0.1) is 6.92 Å². The van der Waals surface area contributed by atoms with Crippen LogP contribution in [-0.4, -0.2) is 26.2 Å². The van der Waals surface area contributed by atoms with E-state index in [4.69, 9.17) is 4.98 Å². The Kier molecular flexibility index (Phi) is 6.66. The van der Waals surface area contributed by atoms with Crippen molar-refractivity contribution < 1.29 is 4.79 Å². The van der Waals surface area contributed by atoms with Crippen molar-refractivity contribution in [2.45, 2.75) is 31.5 Å². The molecule has 5 rings (SSSR count). The highest BCUT2D eigenvalue weighted by atomic mass is 32.2. The molecule has 3 aromatic heterocycles. The lowest BCUT2D eigenvalue weighted by Gasteiger charge is -2.17. The number of aromatic nitrogens is 3. The Bertz CT molecular complexity index is 1580. The van der Waals surface area contributed by atoms with Gasteiger partial charge in [0.15, 0.2) is 5.16 Å². The molecular weight excluding hydrogens is 476 g/mol. The average Bonchev–Trinajstić information content (AvgIpc) is 3.24. The van der Waals surface area contributed by atoms with Gasteiger partial charge in [0.05, 0.1) is 11.3 Å². The molecule has 0 saturated carbocycles. The van der Waals surface area contributed by atoms with E-state index in [1.807, 2.05) is 61.5 Å². The number of benzene rings is 2. The van der Waals surface area contributed by atoms with Crippen molar-refractivity contribution in [3.05, 3.63) is 94.4 Å². The van der Waals surface area contributed by atoms with E-state index in [9.17, 15) is 9.59 Å². The fraction of sp³-hybridized carbons (Fsp3) is 0.185. The van der Waals surface area contributed by atoms with Crippen LogP contribution in [0.2, 0.25) is 0 Å². The van der Waals surface area contributed by atoms with Gasteiger partial charge in [-0.05, 0) is 48.2 Å². The van der Waals surface area contributed by atoms with Crippen molar-refractivity contribution in [2.24, 2.45) is 0 Å². The first-order chi connectivity index (χ1) is 17.0. The molecule has 0 aliphatic rings. The Morgan fingerprint density at radius 2 is 1.94 bits per heavy atom. The molecule has 0 radical (unpaired) electrons. The van der Waals surface area contributed by atoms with Crippen molar-refractivity contribution in [1.82, 2.24) is 14.5 Å². The zero-order valence-corrected chi connectivity index (χ0v) is 21.0. The molecule has 176 valence electrons. The highest BCUT2D eigenvalue weighted by molar-refractivity contribution is 7.99. The number of pyridine rings is 1. The molecule has 1 N–H and O–H groups in total. The molecule has 2 aromatic carbocycles. The summed E-state index contributed by atoms with van der Waals surface area (Å²) < 4.78 is 2.30. The van der Waals surface area contributed by atoms with Crippen molar-refractivity contribution >= 4 is 55.1 Å². The number of nitrogens with one attached hydrogen (secondary N) is 1. The monoisotopic (exact) mass is 500 g/mol. The number of amides is 1. The highest BCUT2D eigenvalue weighted by Crippen LogP contribution is 2.31. The van der Waals surface area contributed by atoms with Crippen molar-refractivity contribution in [3.63, 3.8) is 0 Å². The third-order valence-corrected chi connectivity index (χ3v) is 7.84. The molecule has 6 nitrogen and oxygen atoms in total. The lowest BCUT2D eigenvalue weighted by atomic mass is 10.0. The van der Waals surface area contributed by atoms with E-state index in [2.05, 4.69) is 29.4 Å². The lowest BCUT2D eigenvalue weighted by molar-refractivity contribution is -0.113. The molecule has 0 spiro atoms. The predicted octanol–water partition coefficient (Wildman–Crippen LogP) is 5.85. The second-order valence-corrected chi connectivity index (χ2v) is 10.4. The summed E-state index contributed by atoms with van der Waals surface area (Å²) >= 11 is 2.65. The maximum Gasteiger partial charge on any atom is 0.272 e. The summed E-state index contributed by atoms with van der Waals surface area (Å²) in [4.78, 5) is 36.4. The van der Waals surface area contributed by atoms with Gasteiger partial charge < -0.3 is 5.32 Å². The normalized spacial score (nSPS) is 12.2. The first-order valence-electron chi connectivity index (χ1n) is 11.3. The average molecular weight is 501 g/mol. The predicted molar refractivity (Wildman–Crippen MR) is 145 cm³/mol. The Morgan fingerprint density at radius 3 is 2.74 bits per heavy atom. The van der Waals surface area contributed by atoms with E-state index in [1.165, 1.54) is 23.1 Å². The van der Waals surface area contributed by atoms with Gasteiger partial charge in [0, 0.05) is 23.8 Å². The van der Waals surface area contributed by atoms with Crippen LogP contribution in [0.5, 0.6) is 0 Å². The van der Waals surface area contributed by atoms with E-state index in [0.29, 0.717) is 21.9 Å². The van der Waals surface area contributed by atoms with Gasteiger partial charge in [-0.15, -0.1) is 11.3 Å². The van der Waals surface area contributed by atoms with Crippen LogP contribution in [0.1, 0.15) is 24.0 Å². The van der Waals surface area contributed by atoms with Crippen LogP contribution >= 0.6 is 23.1 Å². The summed E-state index contributed by atoms with van der Waals surface area (Å²) in [6.45, 7) is 4.54. The first-order valence-corrected chi connectivity index (χ1v) is 13.1. The molecule has 8 heteroatoms. The molecular formula is C27H24N4O2S2. The number of thiophene rings is 1. The quantitative estimate of drug-likeness (QED) is 0.224. The van der Waals surface area contributed by atoms with Gasteiger partial charge in [-0.2, -0.15) is 0 Å².